The summed E-state index contributed by atoms with van der Waals surface area (Å²) >= 11 is 6.09. The first-order valence-electron chi connectivity index (χ1n) is 12.1. The van der Waals surface area contributed by atoms with Crippen LogP contribution in [0.1, 0.15) is 41.1 Å². The van der Waals surface area contributed by atoms with E-state index >= 15 is 0 Å². The number of nitrogens with one attached hydrogen (secondary N) is 2. The Hall–Kier alpha value is -3.13. The minimum Gasteiger partial charge on any atom is -0.426 e. The topological polar surface area (TPSA) is 98.7 Å². The van der Waals surface area contributed by atoms with E-state index in [0.717, 1.165) is 18.4 Å². The number of carbonyl (C=O) groups is 2. The first-order valence-corrected chi connectivity index (χ1v) is 12.5. The van der Waals surface area contributed by atoms with Gasteiger partial charge in [0, 0.05) is 10.9 Å². The summed E-state index contributed by atoms with van der Waals surface area (Å²) in [5, 5.41) is 23.8. The van der Waals surface area contributed by atoms with Crippen molar-refractivity contribution >= 4 is 30.5 Å². The highest BCUT2D eigenvalue weighted by molar-refractivity contribution is 6.41. The van der Waals surface area contributed by atoms with E-state index in [1.807, 2.05) is 30.3 Å². The smallest absolute Gasteiger partial charge is 0.426 e. The number of fused-ring (bicyclic) bond motifs is 1. The number of aryl methyl sites for hydroxylation is 2. The zero-order chi connectivity index (χ0) is 25.9. The number of halogens is 1. The van der Waals surface area contributed by atoms with Gasteiger partial charge in [0.05, 0.1) is 18.9 Å². The fourth-order valence-electron chi connectivity index (χ4n) is 4.18. The fourth-order valence-corrected chi connectivity index (χ4v) is 4.38. The molecule has 0 aromatic heterocycles. The third kappa shape index (κ3) is 8.83. The van der Waals surface area contributed by atoms with Crippen LogP contribution in [0.4, 0.5) is 0 Å². The highest BCUT2D eigenvalue weighted by Gasteiger charge is 2.27. The second kappa shape index (κ2) is 13.8. The Bertz CT molecular complexity index is 1140. The molecule has 0 spiro atoms. The maximum atomic E-state index is 13.0. The molecule has 0 heterocycles. The summed E-state index contributed by atoms with van der Waals surface area (Å²) in [4.78, 5) is 25.2. The quantitative estimate of drug-likeness (QED) is 0.366. The van der Waals surface area contributed by atoms with Gasteiger partial charge in [-0.1, -0.05) is 83.9 Å². The van der Waals surface area contributed by atoms with Crippen molar-refractivity contribution in [1.82, 2.24) is 10.6 Å². The second-order valence-electron chi connectivity index (χ2n) is 8.97. The largest absolute Gasteiger partial charge is 0.472 e. The third-order valence-corrected chi connectivity index (χ3v) is 6.33. The van der Waals surface area contributed by atoms with Crippen molar-refractivity contribution in [2.45, 2.75) is 38.6 Å². The van der Waals surface area contributed by atoms with Crippen molar-refractivity contribution in [2.24, 2.45) is 5.92 Å². The average molecular weight is 507 g/mol. The zero-order valence-corrected chi connectivity index (χ0v) is 21.1. The Morgan fingerprint density at radius 2 is 1.69 bits per heavy atom. The monoisotopic (exact) mass is 506 g/mol. The molecule has 6 nitrogen and oxygen atoms in total. The molecule has 3 aromatic rings. The number of hydrogen-bond donors (Lipinski definition) is 4. The van der Waals surface area contributed by atoms with Gasteiger partial charge in [0.1, 0.15) is 0 Å². The van der Waals surface area contributed by atoms with Gasteiger partial charge in [-0.3, -0.25) is 9.59 Å². The predicted octanol–water partition coefficient (Wildman–Crippen LogP) is 3.82. The third-order valence-electron chi connectivity index (χ3n) is 6.10. The van der Waals surface area contributed by atoms with Gasteiger partial charge in [0.25, 0.3) is 0 Å². The summed E-state index contributed by atoms with van der Waals surface area (Å²) < 4.78 is 0. The van der Waals surface area contributed by atoms with E-state index in [9.17, 15) is 9.59 Å². The molecule has 1 aliphatic carbocycles. The molecular formula is C28H32BClN2O4. The average Bonchev–Trinajstić information content (AvgIpc) is 2.87. The molecule has 0 saturated carbocycles. The van der Waals surface area contributed by atoms with E-state index in [1.165, 1.54) is 16.7 Å². The highest BCUT2D eigenvalue weighted by Crippen LogP contribution is 2.27. The van der Waals surface area contributed by atoms with Crippen LogP contribution in [0.25, 0.3) is 0 Å². The molecule has 36 heavy (non-hydrogen) atoms. The van der Waals surface area contributed by atoms with Gasteiger partial charge in [-0.2, -0.15) is 0 Å². The molecule has 0 radical (unpaired) electrons. The van der Waals surface area contributed by atoms with Gasteiger partial charge in [0.15, 0.2) is 0 Å². The van der Waals surface area contributed by atoms with Crippen LogP contribution in [-0.2, 0) is 22.4 Å². The summed E-state index contributed by atoms with van der Waals surface area (Å²) in [5.41, 5.74) is 4.52. The normalized spacial score (nSPS) is 14.9. The van der Waals surface area contributed by atoms with E-state index in [4.69, 9.17) is 21.6 Å². The molecule has 2 amide bonds. The van der Waals surface area contributed by atoms with E-state index in [0.29, 0.717) is 11.4 Å². The van der Waals surface area contributed by atoms with E-state index in [2.05, 4.69) is 41.8 Å². The van der Waals surface area contributed by atoms with Gasteiger partial charge in [0.2, 0.25) is 11.8 Å². The van der Waals surface area contributed by atoms with Crippen LogP contribution in [0.2, 0.25) is 5.02 Å². The van der Waals surface area contributed by atoms with Crippen LogP contribution in [0.15, 0.2) is 78.9 Å². The van der Waals surface area contributed by atoms with Crippen LogP contribution in [0.3, 0.4) is 0 Å². The number of carbonyl (C=O) groups excluding carboxylic acids is 2. The summed E-state index contributed by atoms with van der Waals surface area (Å²) in [6, 6.07) is 24.9. The highest BCUT2D eigenvalue weighted by atomic mass is 35.5. The van der Waals surface area contributed by atoms with E-state index in [-0.39, 0.29) is 24.7 Å². The maximum absolute atomic E-state index is 13.0. The molecular weight excluding hydrogens is 475 g/mol. The SMILES string of the molecule is Cc1ccccc1.O=C(CC(NC(=O)C1CCc2ccccc2C1)c1cccc(Cl)c1)NCB(O)O. The molecule has 0 saturated heterocycles. The lowest BCUT2D eigenvalue weighted by Gasteiger charge is -2.27. The summed E-state index contributed by atoms with van der Waals surface area (Å²) in [6.45, 7) is 2.08. The molecule has 3 aromatic carbocycles. The lowest BCUT2D eigenvalue weighted by Crippen LogP contribution is -2.40. The molecule has 8 heteroatoms. The molecule has 2 unspecified atom stereocenters. The molecule has 2 atom stereocenters. The van der Waals surface area contributed by atoms with Gasteiger partial charge >= 0.3 is 7.12 Å². The predicted molar refractivity (Wildman–Crippen MR) is 143 cm³/mol. The zero-order valence-electron chi connectivity index (χ0n) is 20.4. The number of rotatable bonds is 7. The molecule has 0 fully saturated rings. The summed E-state index contributed by atoms with van der Waals surface area (Å²) in [6.07, 6.45) is 1.99. The van der Waals surface area contributed by atoms with Gasteiger partial charge in [-0.25, -0.2) is 0 Å². The van der Waals surface area contributed by atoms with E-state index in [1.54, 1.807) is 24.3 Å². The first kappa shape index (κ1) is 27.5. The lowest BCUT2D eigenvalue weighted by atomic mass is 9.83. The van der Waals surface area contributed by atoms with Crippen LogP contribution < -0.4 is 10.6 Å². The lowest BCUT2D eigenvalue weighted by molar-refractivity contribution is -0.126. The van der Waals surface area contributed by atoms with Crippen molar-refractivity contribution < 1.29 is 19.6 Å². The Labute approximate surface area is 217 Å². The van der Waals surface area contributed by atoms with Gasteiger partial charge in [-0.15, -0.1) is 0 Å². The number of hydrogen-bond acceptors (Lipinski definition) is 4. The number of amides is 2. The van der Waals surface area contributed by atoms with Crippen molar-refractivity contribution in [3.8, 4) is 0 Å². The van der Waals surface area contributed by atoms with Crippen molar-refractivity contribution in [3.05, 3.63) is 106 Å². The molecule has 4 rings (SSSR count). The van der Waals surface area contributed by atoms with Gasteiger partial charge < -0.3 is 20.7 Å². The summed E-state index contributed by atoms with van der Waals surface area (Å²) in [7, 11) is -1.62. The van der Waals surface area contributed by atoms with Crippen LogP contribution in [-0.4, -0.2) is 35.4 Å². The van der Waals surface area contributed by atoms with Crippen LogP contribution >= 0.6 is 11.6 Å². The Kier molecular flexibility index (Phi) is 10.5. The van der Waals surface area contributed by atoms with E-state index < -0.39 is 19.1 Å². The van der Waals surface area contributed by atoms with Crippen LogP contribution in [0.5, 0.6) is 0 Å². The molecule has 188 valence electrons. The Morgan fingerprint density at radius 3 is 2.33 bits per heavy atom. The van der Waals surface area contributed by atoms with Crippen molar-refractivity contribution in [3.63, 3.8) is 0 Å². The molecule has 0 aliphatic heterocycles. The van der Waals surface area contributed by atoms with Crippen molar-refractivity contribution in [1.29, 1.82) is 0 Å². The van der Waals surface area contributed by atoms with Crippen LogP contribution in [0, 0.1) is 12.8 Å². The molecule has 0 bridgehead atoms. The minimum atomic E-state index is -1.62. The first-order chi connectivity index (χ1) is 17.3. The fraction of sp³-hybridized carbons (Fsp3) is 0.286. The van der Waals surface area contributed by atoms with Gasteiger partial charge in [-0.05, 0) is 55.0 Å². The Morgan fingerprint density at radius 1 is 1.00 bits per heavy atom. The maximum Gasteiger partial charge on any atom is 0.472 e. The van der Waals surface area contributed by atoms with Crippen molar-refractivity contribution in [2.75, 3.05) is 6.44 Å². The second-order valence-corrected chi connectivity index (χ2v) is 9.40. The molecule has 4 N–H and O–H groups in total. The Balaban J connectivity index is 0.000000444. The minimum absolute atomic E-state index is 0.0257. The molecule has 1 aliphatic rings. The summed E-state index contributed by atoms with van der Waals surface area (Å²) in [5.74, 6) is -0.647. The standard InChI is InChI=1S/C21H24BClN2O4.C7H8/c23-18-7-3-6-16(11-18)19(12-20(26)24-13-22(28)29)25-21(27)17-9-8-14-4-1-2-5-15(14)10-17;1-7-5-3-2-4-6-7/h1-7,11,17,19,28-29H,8-10,12-13H2,(H,24,26)(H,25,27);2-6H,1H3. The number of benzene rings is 3.